The Labute approximate surface area is 106 Å². The SMILES string of the molecule is CCCOc1cc2sc(NC)nc2c(C)c1C. The van der Waals surface area contributed by atoms with Gasteiger partial charge in [0.2, 0.25) is 0 Å². The zero-order valence-electron chi connectivity index (χ0n) is 10.8. The molecule has 0 spiro atoms. The molecule has 0 aliphatic carbocycles. The fourth-order valence-electron chi connectivity index (χ4n) is 1.76. The van der Waals surface area contributed by atoms with Crippen LogP contribution >= 0.6 is 11.3 Å². The maximum absolute atomic E-state index is 5.78. The summed E-state index contributed by atoms with van der Waals surface area (Å²) in [6, 6.07) is 2.10. The fourth-order valence-corrected chi connectivity index (χ4v) is 2.67. The number of nitrogens with zero attached hydrogens (tertiary/aromatic N) is 1. The lowest BCUT2D eigenvalue weighted by Crippen LogP contribution is -1.98. The van der Waals surface area contributed by atoms with Crippen LogP contribution in [0.3, 0.4) is 0 Å². The van der Waals surface area contributed by atoms with Gasteiger partial charge in [0.1, 0.15) is 5.75 Å². The maximum Gasteiger partial charge on any atom is 0.183 e. The number of aromatic nitrogens is 1. The van der Waals surface area contributed by atoms with Crippen molar-refractivity contribution in [2.24, 2.45) is 0 Å². The fraction of sp³-hybridized carbons (Fsp3) is 0.462. The number of ether oxygens (including phenoxy) is 1. The summed E-state index contributed by atoms with van der Waals surface area (Å²) in [6.07, 6.45) is 1.03. The molecule has 2 aromatic rings. The van der Waals surface area contributed by atoms with Crippen LogP contribution in [0.4, 0.5) is 5.13 Å². The molecule has 0 saturated carbocycles. The lowest BCUT2D eigenvalue weighted by Gasteiger charge is -2.10. The molecular weight excluding hydrogens is 232 g/mol. The van der Waals surface area contributed by atoms with Crippen LogP contribution in [-0.4, -0.2) is 18.6 Å². The number of thiazole rings is 1. The highest BCUT2D eigenvalue weighted by Crippen LogP contribution is 2.34. The molecule has 2 rings (SSSR count). The quantitative estimate of drug-likeness (QED) is 0.897. The zero-order chi connectivity index (χ0) is 12.4. The summed E-state index contributed by atoms with van der Waals surface area (Å²) >= 11 is 1.67. The van der Waals surface area contributed by atoms with Crippen molar-refractivity contribution in [3.63, 3.8) is 0 Å². The summed E-state index contributed by atoms with van der Waals surface area (Å²) in [7, 11) is 1.90. The highest BCUT2D eigenvalue weighted by Gasteiger charge is 2.12. The molecule has 0 unspecified atom stereocenters. The second-order valence-electron chi connectivity index (χ2n) is 4.09. The van der Waals surface area contributed by atoms with E-state index in [1.54, 1.807) is 11.3 Å². The monoisotopic (exact) mass is 250 g/mol. The molecular formula is C13H18N2OS. The highest BCUT2D eigenvalue weighted by molar-refractivity contribution is 7.22. The van der Waals surface area contributed by atoms with E-state index in [0.717, 1.165) is 29.4 Å². The van der Waals surface area contributed by atoms with Gasteiger partial charge in [-0.15, -0.1) is 0 Å². The summed E-state index contributed by atoms with van der Waals surface area (Å²) in [6.45, 7) is 7.09. The molecule has 0 bridgehead atoms. The molecule has 0 atom stereocenters. The number of fused-ring (bicyclic) bond motifs is 1. The average molecular weight is 250 g/mol. The van der Waals surface area contributed by atoms with Crippen LogP contribution in [0.1, 0.15) is 24.5 Å². The standard InChI is InChI=1S/C13H18N2OS/c1-5-6-16-10-7-11-12(9(3)8(10)2)15-13(14-4)17-11/h7H,5-6H2,1-4H3,(H,14,15). The average Bonchev–Trinajstić information content (AvgIpc) is 2.75. The number of hydrogen-bond donors (Lipinski definition) is 1. The zero-order valence-corrected chi connectivity index (χ0v) is 11.6. The van der Waals surface area contributed by atoms with Crippen molar-refractivity contribution in [1.82, 2.24) is 4.98 Å². The lowest BCUT2D eigenvalue weighted by atomic mass is 10.1. The second-order valence-corrected chi connectivity index (χ2v) is 5.12. The van der Waals surface area contributed by atoms with Gasteiger partial charge >= 0.3 is 0 Å². The van der Waals surface area contributed by atoms with Crippen molar-refractivity contribution in [2.45, 2.75) is 27.2 Å². The summed E-state index contributed by atoms with van der Waals surface area (Å²) in [5, 5.41) is 4.05. The largest absolute Gasteiger partial charge is 0.493 e. The van der Waals surface area contributed by atoms with Crippen LogP contribution in [0.5, 0.6) is 5.75 Å². The minimum Gasteiger partial charge on any atom is -0.493 e. The molecule has 0 aliphatic rings. The second kappa shape index (κ2) is 4.92. The molecule has 0 amide bonds. The Morgan fingerprint density at radius 2 is 2.12 bits per heavy atom. The Kier molecular flexibility index (Phi) is 3.52. The van der Waals surface area contributed by atoms with E-state index < -0.39 is 0 Å². The Morgan fingerprint density at radius 1 is 1.35 bits per heavy atom. The van der Waals surface area contributed by atoms with Gasteiger partial charge in [0.15, 0.2) is 5.13 Å². The van der Waals surface area contributed by atoms with Crippen LogP contribution in [0, 0.1) is 13.8 Å². The van der Waals surface area contributed by atoms with E-state index in [1.807, 2.05) is 7.05 Å². The van der Waals surface area contributed by atoms with Gasteiger partial charge in [-0.3, -0.25) is 0 Å². The van der Waals surface area contributed by atoms with Crippen LogP contribution < -0.4 is 10.1 Å². The van der Waals surface area contributed by atoms with Crippen LogP contribution in [0.15, 0.2) is 6.07 Å². The third-order valence-electron chi connectivity index (χ3n) is 2.88. The minimum atomic E-state index is 0.767. The van der Waals surface area contributed by atoms with Gasteiger partial charge in [0.25, 0.3) is 0 Å². The highest BCUT2D eigenvalue weighted by atomic mass is 32.1. The van der Waals surface area contributed by atoms with E-state index in [-0.39, 0.29) is 0 Å². The van der Waals surface area contributed by atoms with E-state index in [0.29, 0.717) is 0 Å². The molecule has 0 aliphatic heterocycles. The van der Waals surface area contributed by atoms with Crippen molar-refractivity contribution in [3.8, 4) is 5.75 Å². The number of rotatable bonds is 4. The molecule has 1 heterocycles. The first-order valence-electron chi connectivity index (χ1n) is 5.88. The van der Waals surface area contributed by atoms with Gasteiger partial charge in [-0.2, -0.15) is 0 Å². The van der Waals surface area contributed by atoms with E-state index >= 15 is 0 Å². The third-order valence-corrected chi connectivity index (χ3v) is 3.90. The molecule has 0 saturated heterocycles. The Hall–Kier alpha value is -1.29. The van der Waals surface area contributed by atoms with E-state index in [9.17, 15) is 0 Å². The first-order chi connectivity index (χ1) is 8.17. The third kappa shape index (κ3) is 2.22. The predicted octanol–water partition coefficient (Wildman–Crippen LogP) is 3.74. The van der Waals surface area contributed by atoms with Gasteiger partial charge in [0.05, 0.1) is 16.8 Å². The first-order valence-corrected chi connectivity index (χ1v) is 6.70. The molecule has 1 aromatic carbocycles. The van der Waals surface area contributed by atoms with Gasteiger partial charge in [0, 0.05) is 7.05 Å². The van der Waals surface area contributed by atoms with Crippen molar-refractivity contribution in [3.05, 3.63) is 17.2 Å². The van der Waals surface area contributed by atoms with Crippen molar-refractivity contribution >= 4 is 26.7 Å². The first kappa shape index (κ1) is 12.2. The van der Waals surface area contributed by atoms with Crippen LogP contribution in [0.25, 0.3) is 10.2 Å². The van der Waals surface area contributed by atoms with Crippen molar-refractivity contribution in [2.75, 3.05) is 19.0 Å². The summed E-state index contributed by atoms with van der Waals surface area (Å²) in [5.41, 5.74) is 3.49. The topological polar surface area (TPSA) is 34.1 Å². The lowest BCUT2D eigenvalue weighted by molar-refractivity contribution is 0.315. The summed E-state index contributed by atoms with van der Waals surface area (Å²) in [4.78, 5) is 4.56. The van der Waals surface area contributed by atoms with Crippen molar-refractivity contribution in [1.29, 1.82) is 0 Å². The molecule has 4 heteroatoms. The van der Waals surface area contributed by atoms with Gasteiger partial charge < -0.3 is 10.1 Å². The number of anilines is 1. The Morgan fingerprint density at radius 3 is 2.76 bits per heavy atom. The van der Waals surface area contributed by atoms with E-state index in [2.05, 4.69) is 37.1 Å². The van der Waals surface area contributed by atoms with Crippen LogP contribution in [-0.2, 0) is 0 Å². The normalized spacial score (nSPS) is 10.8. The molecule has 1 N–H and O–H groups in total. The number of nitrogens with one attached hydrogen (secondary N) is 1. The Balaban J connectivity index is 2.52. The van der Waals surface area contributed by atoms with E-state index in [4.69, 9.17) is 4.74 Å². The molecule has 3 nitrogen and oxygen atoms in total. The van der Waals surface area contributed by atoms with Crippen molar-refractivity contribution < 1.29 is 4.74 Å². The maximum atomic E-state index is 5.78. The minimum absolute atomic E-state index is 0.767. The Bertz CT molecular complexity index is 534. The summed E-state index contributed by atoms with van der Waals surface area (Å²) in [5.74, 6) is 0.989. The van der Waals surface area contributed by atoms with Gasteiger partial charge in [-0.25, -0.2) is 4.98 Å². The number of hydrogen-bond acceptors (Lipinski definition) is 4. The number of benzene rings is 1. The molecule has 0 radical (unpaired) electrons. The molecule has 17 heavy (non-hydrogen) atoms. The smallest absolute Gasteiger partial charge is 0.183 e. The van der Waals surface area contributed by atoms with Gasteiger partial charge in [-0.05, 0) is 37.5 Å². The van der Waals surface area contributed by atoms with Crippen LogP contribution in [0.2, 0.25) is 0 Å². The van der Waals surface area contributed by atoms with E-state index in [1.165, 1.54) is 15.8 Å². The number of aryl methyl sites for hydroxylation is 1. The predicted molar refractivity (Wildman–Crippen MR) is 74.4 cm³/mol. The molecule has 0 fully saturated rings. The molecule has 1 aromatic heterocycles. The van der Waals surface area contributed by atoms with Gasteiger partial charge in [-0.1, -0.05) is 18.3 Å². The summed E-state index contributed by atoms with van der Waals surface area (Å²) < 4.78 is 6.96. The molecule has 92 valence electrons.